The summed E-state index contributed by atoms with van der Waals surface area (Å²) in [4.78, 5) is 3.25. The van der Waals surface area contributed by atoms with Crippen molar-refractivity contribution in [2.45, 2.75) is 13.5 Å². The van der Waals surface area contributed by atoms with Gasteiger partial charge in [0.1, 0.15) is 0 Å². The van der Waals surface area contributed by atoms with Crippen LogP contribution in [0.15, 0.2) is 0 Å². The molecule has 0 aromatic heterocycles. The van der Waals surface area contributed by atoms with Crippen LogP contribution in [0.5, 0.6) is 0 Å². The molecule has 5 heavy (non-hydrogen) atoms. The van der Waals surface area contributed by atoms with Gasteiger partial charge in [-0.3, -0.25) is 0 Å². The maximum atomic E-state index is 3.25. The highest BCUT2D eigenvalue weighted by Crippen LogP contribution is 1.44. The summed E-state index contributed by atoms with van der Waals surface area (Å²) in [5, 5.41) is 0. The fourth-order valence-electron chi connectivity index (χ4n) is 0.250. The van der Waals surface area contributed by atoms with Gasteiger partial charge in [-0.15, -0.1) is 0 Å². The fraction of sp³-hybridized carbons (Fsp3) is 1.00. The second-order valence-corrected chi connectivity index (χ2v) is 2.16. The van der Waals surface area contributed by atoms with Crippen LogP contribution in [0.1, 0.15) is 6.92 Å². The molecule has 32 valence electrons. The Morgan fingerprint density at radius 2 is 2.40 bits per heavy atom. The Labute approximate surface area is 35.7 Å². The van der Waals surface area contributed by atoms with Crippen LogP contribution in [-0.4, -0.2) is 16.2 Å². The van der Waals surface area contributed by atoms with Crippen molar-refractivity contribution in [3.63, 3.8) is 0 Å². The lowest BCUT2D eigenvalue weighted by Crippen LogP contribution is -2.13. The third-order valence-corrected chi connectivity index (χ3v) is 1.50. The molecule has 0 aromatic rings. The van der Waals surface area contributed by atoms with E-state index < -0.39 is 0 Å². The molecule has 0 spiro atoms. The molecule has 0 saturated heterocycles. The third kappa shape index (κ3) is 4.18. The topological polar surface area (TPSA) is 12.0 Å². The first-order valence-electron chi connectivity index (χ1n) is 2.12. The predicted octanol–water partition coefficient (Wildman–Crippen LogP) is -0.272. The SMILES string of the molecule is CCN[SiH2]C. The first-order valence-corrected chi connectivity index (χ1v) is 4.24. The number of nitrogens with one attached hydrogen (secondary N) is 1. The van der Waals surface area contributed by atoms with Crippen LogP contribution in [0.25, 0.3) is 0 Å². The zero-order valence-corrected chi connectivity index (χ0v) is 5.33. The highest BCUT2D eigenvalue weighted by Gasteiger charge is 1.64. The van der Waals surface area contributed by atoms with Crippen molar-refractivity contribution in [2.24, 2.45) is 0 Å². The fourth-order valence-corrected chi connectivity index (χ4v) is 0.750. The Bertz CT molecular complexity index is 14.4. The van der Waals surface area contributed by atoms with Gasteiger partial charge in [-0.2, -0.15) is 0 Å². The lowest BCUT2D eigenvalue weighted by atomic mass is 10.8. The summed E-state index contributed by atoms with van der Waals surface area (Å²) >= 11 is 0. The molecular weight excluding hydrogens is 78.1 g/mol. The third-order valence-electron chi connectivity index (χ3n) is 0.500. The Balaban J connectivity index is 2.19. The number of rotatable bonds is 2. The predicted molar refractivity (Wildman–Crippen MR) is 28.1 cm³/mol. The van der Waals surface area contributed by atoms with Crippen LogP contribution in [0, 0.1) is 0 Å². The summed E-state index contributed by atoms with van der Waals surface area (Å²) in [7, 11) is 0.164. The molecule has 0 aliphatic heterocycles. The van der Waals surface area contributed by atoms with Crippen molar-refractivity contribution in [3.8, 4) is 0 Å². The van der Waals surface area contributed by atoms with Gasteiger partial charge >= 0.3 is 0 Å². The summed E-state index contributed by atoms with van der Waals surface area (Å²) < 4.78 is 0. The van der Waals surface area contributed by atoms with E-state index in [-0.39, 0.29) is 9.68 Å². The first kappa shape index (κ1) is 5.18. The van der Waals surface area contributed by atoms with Gasteiger partial charge in [0.25, 0.3) is 0 Å². The zero-order valence-electron chi connectivity index (χ0n) is 3.91. The molecule has 0 atom stereocenters. The minimum absolute atomic E-state index is 0.164. The molecule has 0 unspecified atom stereocenters. The Morgan fingerprint density at radius 3 is 2.40 bits per heavy atom. The van der Waals surface area contributed by atoms with Gasteiger partial charge in [-0.1, -0.05) is 13.5 Å². The summed E-state index contributed by atoms with van der Waals surface area (Å²) in [5.74, 6) is 0. The molecule has 0 aromatic carbocycles. The van der Waals surface area contributed by atoms with Gasteiger partial charge in [-0.25, -0.2) is 0 Å². The van der Waals surface area contributed by atoms with Crippen LogP contribution in [-0.2, 0) is 0 Å². The van der Waals surface area contributed by atoms with E-state index in [1.807, 2.05) is 0 Å². The van der Waals surface area contributed by atoms with Crippen molar-refractivity contribution < 1.29 is 0 Å². The average Bonchev–Trinajstić information content (AvgIpc) is 1.41. The van der Waals surface area contributed by atoms with Gasteiger partial charge < -0.3 is 4.98 Å². The summed E-state index contributed by atoms with van der Waals surface area (Å²) in [5.41, 5.74) is 0. The van der Waals surface area contributed by atoms with E-state index in [0.29, 0.717) is 0 Å². The minimum Gasteiger partial charge on any atom is -0.343 e. The molecule has 0 saturated carbocycles. The highest BCUT2D eigenvalue weighted by molar-refractivity contribution is 6.29. The largest absolute Gasteiger partial charge is 0.343 e. The van der Waals surface area contributed by atoms with Crippen LogP contribution in [0.2, 0.25) is 6.55 Å². The van der Waals surface area contributed by atoms with Crippen molar-refractivity contribution in [1.82, 2.24) is 4.98 Å². The van der Waals surface area contributed by atoms with Crippen molar-refractivity contribution >= 4 is 9.68 Å². The lowest BCUT2D eigenvalue weighted by molar-refractivity contribution is 1.01. The maximum absolute atomic E-state index is 3.25. The van der Waals surface area contributed by atoms with E-state index in [2.05, 4.69) is 18.5 Å². The summed E-state index contributed by atoms with van der Waals surface area (Å²) in [6.07, 6.45) is 0. The quantitative estimate of drug-likeness (QED) is 0.459. The average molecular weight is 89.2 g/mol. The number of hydrogen-bond donors (Lipinski definition) is 1. The van der Waals surface area contributed by atoms with E-state index >= 15 is 0 Å². The zero-order chi connectivity index (χ0) is 4.12. The molecule has 0 rings (SSSR count). The van der Waals surface area contributed by atoms with Crippen molar-refractivity contribution in [2.75, 3.05) is 6.54 Å². The Hall–Kier alpha value is 0.177. The molecule has 1 N–H and O–H groups in total. The summed E-state index contributed by atoms with van der Waals surface area (Å²) in [6.45, 7) is 5.53. The second-order valence-electron chi connectivity index (χ2n) is 0.957. The molecular formula is C3H11NSi. The van der Waals surface area contributed by atoms with Gasteiger partial charge in [0.05, 0.1) is 9.68 Å². The lowest BCUT2D eigenvalue weighted by Gasteiger charge is -1.85. The van der Waals surface area contributed by atoms with Gasteiger partial charge in [0.2, 0.25) is 0 Å². The van der Waals surface area contributed by atoms with E-state index in [0.717, 1.165) is 6.54 Å². The Kier molecular flexibility index (Phi) is 4.32. The monoisotopic (exact) mass is 89.1 g/mol. The van der Waals surface area contributed by atoms with Crippen LogP contribution in [0.3, 0.4) is 0 Å². The van der Waals surface area contributed by atoms with Gasteiger partial charge in [0.15, 0.2) is 0 Å². The van der Waals surface area contributed by atoms with Crippen LogP contribution >= 0.6 is 0 Å². The van der Waals surface area contributed by atoms with Crippen molar-refractivity contribution in [3.05, 3.63) is 0 Å². The number of hydrogen-bond acceptors (Lipinski definition) is 1. The Morgan fingerprint density at radius 1 is 1.80 bits per heavy atom. The minimum atomic E-state index is 0.164. The molecule has 0 fully saturated rings. The molecule has 1 nitrogen and oxygen atoms in total. The molecule has 0 aliphatic carbocycles. The van der Waals surface area contributed by atoms with Crippen LogP contribution in [0.4, 0.5) is 0 Å². The van der Waals surface area contributed by atoms with Gasteiger partial charge in [0, 0.05) is 0 Å². The standard InChI is InChI=1S/C3H11NSi/c1-3-4-5-2/h4H,3,5H2,1-2H3. The van der Waals surface area contributed by atoms with E-state index in [1.54, 1.807) is 0 Å². The molecule has 0 bridgehead atoms. The van der Waals surface area contributed by atoms with Gasteiger partial charge in [-0.05, 0) is 6.54 Å². The molecule has 0 amide bonds. The molecule has 0 heterocycles. The van der Waals surface area contributed by atoms with Crippen molar-refractivity contribution in [1.29, 1.82) is 0 Å². The van der Waals surface area contributed by atoms with E-state index in [4.69, 9.17) is 0 Å². The van der Waals surface area contributed by atoms with Crippen LogP contribution < -0.4 is 4.98 Å². The molecule has 0 radical (unpaired) electrons. The normalized spacial score (nSPS) is 10.8. The smallest absolute Gasteiger partial charge is 0.0885 e. The second kappa shape index (κ2) is 4.18. The first-order chi connectivity index (χ1) is 2.41. The molecule has 0 aliphatic rings. The molecule has 2 heteroatoms. The van der Waals surface area contributed by atoms with E-state index in [1.165, 1.54) is 0 Å². The summed E-state index contributed by atoms with van der Waals surface area (Å²) in [6, 6.07) is 0. The maximum Gasteiger partial charge on any atom is 0.0885 e. The van der Waals surface area contributed by atoms with E-state index in [9.17, 15) is 0 Å². The highest BCUT2D eigenvalue weighted by atomic mass is 28.2.